The number of carbonyl (C=O) groups excluding carboxylic acids is 1. The molecule has 2 rings (SSSR count). The average Bonchev–Trinajstić information content (AvgIpc) is 2.39. The number of hydrogen-bond acceptors (Lipinski definition) is 2. The quantitative estimate of drug-likeness (QED) is 0.903. The van der Waals surface area contributed by atoms with E-state index in [1.165, 1.54) is 0 Å². The Bertz CT molecular complexity index is 421. The zero-order valence-electron chi connectivity index (χ0n) is 10.4. The summed E-state index contributed by atoms with van der Waals surface area (Å²) in [4.78, 5) is 14.0. The minimum atomic E-state index is 0.0320. The molecule has 0 bridgehead atoms. The maximum atomic E-state index is 12.1. The molecule has 1 N–H and O–H groups in total. The Morgan fingerprint density at radius 3 is 2.83 bits per heavy atom. The van der Waals surface area contributed by atoms with Crippen LogP contribution >= 0.6 is 27.7 Å². The molecule has 2 amide bonds. The molecule has 3 nitrogen and oxygen atoms in total. The Labute approximate surface area is 120 Å². The van der Waals surface area contributed by atoms with E-state index in [4.69, 9.17) is 0 Å². The van der Waals surface area contributed by atoms with E-state index in [0.717, 1.165) is 34.6 Å². The molecule has 5 heteroatoms. The highest BCUT2D eigenvalue weighted by Gasteiger charge is 2.18. The predicted molar refractivity (Wildman–Crippen MR) is 80.0 cm³/mol. The highest BCUT2D eigenvalue weighted by atomic mass is 79.9. The molecule has 1 atom stereocenters. The van der Waals surface area contributed by atoms with Gasteiger partial charge in [-0.25, -0.2) is 4.79 Å². The van der Waals surface area contributed by atoms with Crippen LogP contribution in [0.1, 0.15) is 18.5 Å². The zero-order valence-corrected chi connectivity index (χ0v) is 12.8. The third-order valence-corrected chi connectivity index (χ3v) is 4.42. The van der Waals surface area contributed by atoms with Crippen molar-refractivity contribution < 1.29 is 4.79 Å². The lowest BCUT2D eigenvalue weighted by Crippen LogP contribution is -2.45. The number of benzene rings is 1. The summed E-state index contributed by atoms with van der Waals surface area (Å²) in [5.74, 6) is 2.08. The summed E-state index contributed by atoms with van der Waals surface area (Å²) < 4.78 is 1.04. The third kappa shape index (κ3) is 3.65. The first-order valence-corrected chi connectivity index (χ1v) is 8.00. The smallest absolute Gasteiger partial charge is 0.317 e. The largest absolute Gasteiger partial charge is 0.331 e. The van der Waals surface area contributed by atoms with Crippen LogP contribution in [0.2, 0.25) is 0 Å². The van der Waals surface area contributed by atoms with Gasteiger partial charge in [0.2, 0.25) is 0 Å². The average molecular weight is 329 g/mol. The molecule has 1 fully saturated rings. The fraction of sp³-hybridized carbons (Fsp3) is 0.462. The van der Waals surface area contributed by atoms with Crippen molar-refractivity contribution in [2.24, 2.45) is 0 Å². The molecule has 18 heavy (non-hydrogen) atoms. The first kappa shape index (κ1) is 13.7. The van der Waals surface area contributed by atoms with E-state index in [1.807, 2.05) is 47.9 Å². The van der Waals surface area contributed by atoms with Crippen molar-refractivity contribution in [2.45, 2.75) is 13.0 Å². The molecule has 1 aliphatic heterocycles. The Morgan fingerprint density at radius 1 is 1.44 bits per heavy atom. The summed E-state index contributed by atoms with van der Waals surface area (Å²) in [5, 5.41) is 3.05. The van der Waals surface area contributed by atoms with E-state index in [0.29, 0.717) is 0 Å². The van der Waals surface area contributed by atoms with E-state index in [9.17, 15) is 4.79 Å². The van der Waals surface area contributed by atoms with Crippen LogP contribution in [0.3, 0.4) is 0 Å². The maximum Gasteiger partial charge on any atom is 0.317 e. The molecule has 1 aromatic rings. The fourth-order valence-electron chi connectivity index (χ4n) is 1.90. The van der Waals surface area contributed by atoms with Gasteiger partial charge in [-0.3, -0.25) is 0 Å². The SMILES string of the molecule is C[C@H](NC(=O)N1CCSCC1)c1cccc(Br)c1. The normalized spacial score (nSPS) is 17.3. The summed E-state index contributed by atoms with van der Waals surface area (Å²) in [6.07, 6.45) is 0. The summed E-state index contributed by atoms with van der Waals surface area (Å²) in [6.45, 7) is 3.71. The van der Waals surface area contributed by atoms with E-state index in [-0.39, 0.29) is 12.1 Å². The number of nitrogens with zero attached hydrogens (tertiary/aromatic N) is 1. The molecule has 0 aliphatic carbocycles. The fourth-order valence-corrected chi connectivity index (χ4v) is 3.22. The van der Waals surface area contributed by atoms with Crippen LogP contribution in [-0.2, 0) is 0 Å². The number of nitrogens with one attached hydrogen (secondary N) is 1. The van der Waals surface area contributed by atoms with Crippen LogP contribution in [0.15, 0.2) is 28.7 Å². The third-order valence-electron chi connectivity index (χ3n) is 2.99. The molecule has 0 spiro atoms. The van der Waals surface area contributed by atoms with Crippen LogP contribution in [0.4, 0.5) is 4.79 Å². The number of halogens is 1. The second-order valence-corrected chi connectivity index (χ2v) is 6.47. The van der Waals surface area contributed by atoms with E-state index < -0.39 is 0 Å². The van der Waals surface area contributed by atoms with E-state index >= 15 is 0 Å². The monoisotopic (exact) mass is 328 g/mol. The molecule has 0 saturated carbocycles. The van der Waals surface area contributed by atoms with Gasteiger partial charge in [0.1, 0.15) is 0 Å². The number of rotatable bonds is 2. The Kier molecular flexibility index (Phi) is 4.95. The molecule has 1 heterocycles. The van der Waals surface area contributed by atoms with Crippen molar-refractivity contribution in [3.05, 3.63) is 34.3 Å². The van der Waals surface area contributed by atoms with Crippen molar-refractivity contribution in [1.29, 1.82) is 0 Å². The van der Waals surface area contributed by atoms with Gasteiger partial charge in [-0.15, -0.1) is 0 Å². The van der Waals surface area contributed by atoms with Gasteiger partial charge in [0.05, 0.1) is 6.04 Å². The van der Waals surface area contributed by atoms with Crippen LogP contribution in [-0.4, -0.2) is 35.5 Å². The first-order valence-electron chi connectivity index (χ1n) is 6.05. The lowest BCUT2D eigenvalue weighted by molar-refractivity contribution is 0.199. The van der Waals surface area contributed by atoms with Crippen molar-refractivity contribution in [2.75, 3.05) is 24.6 Å². The minimum absolute atomic E-state index is 0.0320. The molecule has 1 aromatic carbocycles. The highest BCUT2D eigenvalue weighted by Crippen LogP contribution is 2.18. The number of urea groups is 1. The molecule has 0 unspecified atom stereocenters. The minimum Gasteiger partial charge on any atom is -0.331 e. The van der Waals surface area contributed by atoms with Crippen LogP contribution in [0.25, 0.3) is 0 Å². The second-order valence-electron chi connectivity index (χ2n) is 4.33. The van der Waals surface area contributed by atoms with Gasteiger partial charge in [-0.2, -0.15) is 11.8 Å². The van der Waals surface area contributed by atoms with Crippen LogP contribution < -0.4 is 5.32 Å². The van der Waals surface area contributed by atoms with Crippen molar-refractivity contribution in [3.63, 3.8) is 0 Å². The van der Waals surface area contributed by atoms with Gasteiger partial charge in [0.15, 0.2) is 0 Å². The Morgan fingerprint density at radius 2 is 2.17 bits per heavy atom. The topological polar surface area (TPSA) is 32.3 Å². The Hall–Kier alpha value is -0.680. The predicted octanol–water partition coefficient (Wildman–Crippen LogP) is 3.27. The number of carbonyl (C=O) groups is 1. The van der Waals surface area contributed by atoms with Gasteiger partial charge in [0, 0.05) is 29.1 Å². The van der Waals surface area contributed by atoms with Crippen molar-refractivity contribution in [3.8, 4) is 0 Å². The van der Waals surface area contributed by atoms with Gasteiger partial charge < -0.3 is 10.2 Å². The molecule has 0 aromatic heterocycles. The highest BCUT2D eigenvalue weighted by molar-refractivity contribution is 9.10. The molecular formula is C13H17BrN2OS. The Balaban J connectivity index is 1.94. The van der Waals surface area contributed by atoms with E-state index in [1.54, 1.807) is 0 Å². The van der Waals surface area contributed by atoms with Gasteiger partial charge >= 0.3 is 6.03 Å². The summed E-state index contributed by atoms with van der Waals surface area (Å²) in [6, 6.07) is 8.12. The van der Waals surface area contributed by atoms with Crippen molar-refractivity contribution in [1.82, 2.24) is 10.2 Å². The van der Waals surface area contributed by atoms with Gasteiger partial charge in [0.25, 0.3) is 0 Å². The van der Waals surface area contributed by atoms with Gasteiger partial charge in [-0.1, -0.05) is 28.1 Å². The first-order chi connectivity index (χ1) is 8.66. The molecule has 0 radical (unpaired) electrons. The van der Waals surface area contributed by atoms with Gasteiger partial charge in [-0.05, 0) is 24.6 Å². The van der Waals surface area contributed by atoms with E-state index in [2.05, 4.69) is 21.2 Å². The summed E-state index contributed by atoms with van der Waals surface area (Å²) >= 11 is 5.35. The van der Waals surface area contributed by atoms with Crippen LogP contribution in [0, 0.1) is 0 Å². The standard InChI is InChI=1S/C13H17BrN2OS/c1-10(11-3-2-4-12(14)9-11)15-13(17)16-5-7-18-8-6-16/h2-4,9-10H,5-8H2,1H3,(H,15,17)/t10-/m0/s1. The summed E-state index contributed by atoms with van der Waals surface area (Å²) in [5.41, 5.74) is 1.11. The number of thioether (sulfide) groups is 1. The van der Waals surface area contributed by atoms with Crippen molar-refractivity contribution >= 4 is 33.7 Å². The number of hydrogen-bond donors (Lipinski definition) is 1. The lowest BCUT2D eigenvalue weighted by Gasteiger charge is -2.28. The molecule has 98 valence electrons. The zero-order chi connectivity index (χ0) is 13.0. The summed E-state index contributed by atoms with van der Waals surface area (Å²) in [7, 11) is 0. The number of amides is 2. The molecular weight excluding hydrogens is 312 g/mol. The molecule has 1 saturated heterocycles. The molecule has 1 aliphatic rings. The van der Waals surface area contributed by atoms with Crippen LogP contribution in [0.5, 0.6) is 0 Å². The second kappa shape index (κ2) is 6.48. The maximum absolute atomic E-state index is 12.1. The lowest BCUT2D eigenvalue weighted by atomic mass is 10.1.